The van der Waals surface area contributed by atoms with Crippen LogP contribution in [-0.2, 0) is 14.8 Å². The molecule has 0 spiro atoms. The molecule has 4 aliphatic heterocycles. The summed E-state index contributed by atoms with van der Waals surface area (Å²) in [5, 5.41) is 2.07. The largest absolute Gasteiger partial charge is 0.465 e. The fourth-order valence-electron chi connectivity index (χ4n) is 6.52. The Morgan fingerprint density at radius 1 is 0.892 bits per heavy atom. The van der Waals surface area contributed by atoms with Gasteiger partial charge in [-0.05, 0) is 60.9 Å². The molecule has 4 aromatic rings. The van der Waals surface area contributed by atoms with E-state index < -0.39 is 33.7 Å². The van der Waals surface area contributed by atoms with Gasteiger partial charge in [0, 0.05) is 5.92 Å². The molecule has 6 nitrogen and oxygen atoms in total. The third-order valence-corrected chi connectivity index (χ3v) is 9.99. The van der Waals surface area contributed by atoms with Crippen LogP contribution in [0.5, 0.6) is 5.75 Å². The van der Waals surface area contributed by atoms with Crippen molar-refractivity contribution < 1.29 is 17.9 Å². The molecule has 0 radical (unpaired) electrons. The second-order valence-electron chi connectivity index (χ2n) is 10.4. The first kappa shape index (κ1) is 22.4. The molecule has 37 heavy (non-hydrogen) atoms. The number of benzene rings is 4. The third-order valence-electron chi connectivity index (χ3n) is 8.18. The molecule has 4 heterocycles. The van der Waals surface area contributed by atoms with Gasteiger partial charge in [0.2, 0.25) is 5.91 Å². The predicted molar refractivity (Wildman–Crippen MR) is 142 cm³/mol. The number of ether oxygens (including phenoxy) is 1. The highest BCUT2D eigenvalue weighted by Gasteiger charge is 2.68. The molecule has 4 aromatic carbocycles. The minimum atomic E-state index is -4.09. The van der Waals surface area contributed by atoms with E-state index in [4.69, 9.17) is 4.74 Å². The van der Waals surface area contributed by atoms with Crippen LogP contribution in [0.15, 0.2) is 95.9 Å². The van der Waals surface area contributed by atoms with Crippen LogP contribution in [0.4, 0.5) is 5.69 Å². The van der Waals surface area contributed by atoms with Crippen molar-refractivity contribution in [2.75, 3.05) is 4.90 Å². The maximum atomic E-state index is 14.2. The van der Waals surface area contributed by atoms with Gasteiger partial charge < -0.3 is 9.64 Å². The van der Waals surface area contributed by atoms with Crippen LogP contribution >= 0.6 is 0 Å². The summed E-state index contributed by atoms with van der Waals surface area (Å²) in [5.41, 5.74) is 1.78. The zero-order valence-corrected chi connectivity index (χ0v) is 21.4. The first-order valence-corrected chi connectivity index (χ1v) is 13.9. The molecule has 1 amide bonds. The molecular formula is C30H26N2O4S. The quantitative estimate of drug-likeness (QED) is 0.368. The number of nitrogens with zero attached hydrogens (tertiary/aromatic N) is 2. The molecule has 4 atom stereocenters. The second-order valence-corrected chi connectivity index (χ2v) is 12.2. The van der Waals surface area contributed by atoms with Gasteiger partial charge in [0.05, 0.1) is 10.6 Å². The zero-order valence-electron chi connectivity index (χ0n) is 20.5. The molecule has 3 fully saturated rings. The number of hydrogen-bond donors (Lipinski definition) is 0. The van der Waals surface area contributed by atoms with Crippen molar-refractivity contribution in [3.63, 3.8) is 0 Å². The van der Waals surface area contributed by atoms with E-state index in [1.807, 2.05) is 79.4 Å². The van der Waals surface area contributed by atoms with E-state index in [1.54, 1.807) is 24.3 Å². The van der Waals surface area contributed by atoms with Gasteiger partial charge in [0.1, 0.15) is 17.8 Å². The van der Waals surface area contributed by atoms with E-state index in [0.29, 0.717) is 12.2 Å². The maximum absolute atomic E-state index is 14.2. The van der Waals surface area contributed by atoms with Crippen LogP contribution in [0, 0.1) is 12.8 Å². The summed E-state index contributed by atoms with van der Waals surface area (Å²) in [4.78, 5) is 16.4. The minimum Gasteiger partial charge on any atom is -0.465 e. The summed E-state index contributed by atoms with van der Waals surface area (Å²) in [7, 11) is -4.09. The number of piperidine rings is 2. The Morgan fingerprint density at radius 3 is 2.24 bits per heavy atom. The monoisotopic (exact) mass is 510 g/mol. The second kappa shape index (κ2) is 7.59. The SMILES string of the molecule is Cc1ccc(S(=O)(=O)N2C(=O)[C@@H]3[C@@H](c4ccccc4)C[C@H]2N2c4cc5ccccc5cc4O[C@]32C)cc1. The fourth-order valence-corrected chi connectivity index (χ4v) is 8.08. The minimum absolute atomic E-state index is 0.121. The van der Waals surface area contributed by atoms with Gasteiger partial charge in [-0.2, -0.15) is 0 Å². The summed E-state index contributed by atoms with van der Waals surface area (Å²) in [6, 6.07) is 28.6. The number of anilines is 1. The van der Waals surface area contributed by atoms with Crippen LogP contribution < -0.4 is 9.64 Å². The highest BCUT2D eigenvalue weighted by Crippen LogP contribution is 2.59. The molecular weight excluding hydrogens is 484 g/mol. The molecule has 4 aliphatic rings. The summed E-state index contributed by atoms with van der Waals surface area (Å²) >= 11 is 0. The number of carbonyl (C=O) groups is 1. The number of carbonyl (C=O) groups excluding carboxylic acids is 1. The summed E-state index contributed by atoms with van der Waals surface area (Å²) < 4.78 is 35.7. The average molecular weight is 511 g/mol. The van der Waals surface area contributed by atoms with Crippen LogP contribution in [-0.4, -0.2) is 30.5 Å². The molecule has 0 N–H and O–H groups in total. The van der Waals surface area contributed by atoms with Gasteiger partial charge in [-0.1, -0.05) is 72.3 Å². The van der Waals surface area contributed by atoms with Gasteiger partial charge in [0.15, 0.2) is 5.72 Å². The van der Waals surface area contributed by atoms with Crippen LogP contribution in [0.1, 0.15) is 30.4 Å². The standard InChI is InChI=1S/C30H26N2O4S/c1-19-12-14-23(15-13-19)37(34,35)32-27-18-24(20-8-4-3-5-9-20)28(29(32)33)30(2)31(27)25-16-21-10-6-7-11-22(21)17-26(25)36-30/h3-17,24,27-28H,18H2,1-2H3/t24-,27+,28+,30-/m1/s1. The number of fused-ring (bicyclic) bond motifs is 4. The highest BCUT2D eigenvalue weighted by atomic mass is 32.2. The van der Waals surface area contributed by atoms with Crippen LogP contribution in [0.3, 0.4) is 0 Å². The molecule has 8 rings (SSSR count). The normalized spacial score (nSPS) is 26.2. The molecule has 0 aliphatic carbocycles. The molecule has 3 saturated heterocycles. The van der Waals surface area contributed by atoms with E-state index in [-0.39, 0.29) is 10.8 Å². The molecule has 7 heteroatoms. The van der Waals surface area contributed by atoms with E-state index in [1.165, 1.54) is 0 Å². The molecule has 2 bridgehead atoms. The Kier molecular flexibility index (Phi) is 4.59. The zero-order chi connectivity index (χ0) is 25.5. The number of sulfonamides is 1. The predicted octanol–water partition coefficient (Wildman–Crippen LogP) is 5.42. The first-order chi connectivity index (χ1) is 17.8. The topological polar surface area (TPSA) is 66.9 Å². The molecule has 186 valence electrons. The Morgan fingerprint density at radius 2 is 1.54 bits per heavy atom. The van der Waals surface area contributed by atoms with Crippen molar-refractivity contribution in [2.24, 2.45) is 5.92 Å². The van der Waals surface area contributed by atoms with Crippen LogP contribution in [0.25, 0.3) is 10.8 Å². The molecule has 0 aromatic heterocycles. The van der Waals surface area contributed by atoms with Gasteiger partial charge in [-0.15, -0.1) is 0 Å². The Labute approximate surface area is 216 Å². The summed E-state index contributed by atoms with van der Waals surface area (Å²) in [6.45, 7) is 3.83. The van der Waals surface area contributed by atoms with Gasteiger partial charge in [-0.25, -0.2) is 12.7 Å². The van der Waals surface area contributed by atoms with Crippen LogP contribution in [0.2, 0.25) is 0 Å². The number of amides is 1. The van der Waals surface area contributed by atoms with Crippen molar-refractivity contribution in [3.8, 4) is 5.75 Å². The highest BCUT2D eigenvalue weighted by molar-refractivity contribution is 7.89. The Hall–Kier alpha value is -3.84. The first-order valence-electron chi connectivity index (χ1n) is 12.5. The lowest BCUT2D eigenvalue weighted by atomic mass is 9.70. The summed E-state index contributed by atoms with van der Waals surface area (Å²) in [6.07, 6.45) is -0.238. The molecule has 0 unspecified atom stereocenters. The third kappa shape index (κ3) is 3.04. The smallest absolute Gasteiger partial charge is 0.268 e. The lowest BCUT2D eigenvalue weighted by molar-refractivity contribution is -0.155. The number of rotatable bonds is 3. The van der Waals surface area contributed by atoms with Gasteiger partial charge in [0.25, 0.3) is 10.0 Å². The van der Waals surface area contributed by atoms with E-state index in [2.05, 4.69) is 6.07 Å². The van der Waals surface area contributed by atoms with Crippen molar-refractivity contribution in [3.05, 3.63) is 102 Å². The number of aryl methyl sites for hydroxylation is 1. The Balaban J connectivity index is 1.43. The van der Waals surface area contributed by atoms with Crippen molar-refractivity contribution in [1.29, 1.82) is 0 Å². The van der Waals surface area contributed by atoms with Crippen molar-refractivity contribution >= 4 is 32.4 Å². The number of hydrogen-bond acceptors (Lipinski definition) is 5. The van der Waals surface area contributed by atoms with E-state index in [9.17, 15) is 13.2 Å². The van der Waals surface area contributed by atoms with E-state index >= 15 is 0 Å². The maximum Gasteiger partial charge on any atom is 0.268 e. The lowest BCUT2D eigenvalue weighted by Crippen LogP contribution is -2.76. The van der Waals surface area contributed by atoms with Gasteiger partial charge in [-0.3, -0.25) is 4.79 Å². The van der Waals surface area contributed by atoms with Crippen molar-refractivity contribution in [2.45, 2.75) is 43.0 Å². The lowest BCUT2D eigenvalue weighted by Gasteiger charge is -2.59. The molecule has 0 saturated carbocycles. The summed E-state index contributed by atoms with van der Waals surface area (Å²) in [5.74, 6) is -0.627. The van der Waals surface area contributed by atoms with Crippen molar-refractivity contribution in [1.82, 2.24) is 4.31 Å². The Bertz CT molecular complexity index is 1670. The van der Waals surface area contributed by atoms with E-state index in [0.717, 1.165) is 31.9 Å². The average Bonchev–Trinajstić information content (AvgIpc) is 3.20. The fraction of sp³-hybridized carbons (Fsp3) is 0.233. The van der Waals surface area contributed by atoms with Gasteiger partial charge >= 0.3 is 0 Å².